The third-order valence-electron chi connectivity index (χ3n) is 4.85. The molecular formula is C14H22NO14S2-. The number of ether oxygens (including phenoxy) is 2. The zero-order valence-corrected chi connectivity index (χ0v) is 17.2. The van der Waals surface area contributed by atoms with Gasteiger partial charge in [-0.3, -0.25) is 8.76 Å². The summed E-state index contributed by atoms with van der Waals surface area (Å²) in [6.45, 7) is -0.859. The van der Waals surface area contributed by atoms with E-state index in [0.29, 0.717) is 0 Å². The van der Waals surface area contributed by atoms with E-state index in [0.717, 1.165) is 6.08 Å². The number of aliphatic hydroxyl groups is 4. The van der Waals surface area contributed by atoms with Gasteiger partial charge in [-0.25, -0.2) is 13.7 Å². The molecule has 2 aliphatic rings. The normalized spacial score (nSPS) is 37.5. The van der Waals surface area contributed by atoms with Crippen molar-refractivity contribution >= 4 is 27.6 Å². The van der Waals surface area contributed by atoms with Crippen molar-refractivity contribution in [3.63, 3.8) is 0 Å². The van der Waals surface area contributed by atoms with Gasteiger partial charge < -0.3 is 39.6 Å². The Morgan fingerprint density at radius 3 is 2.39 bits per heavy atom. The fraction of sp³-hybridized carbons (Fsp3) is 0.786. The van der Waals surface area contributed by atoms with Crippen LogP contribution in [0.15, 0.2) is 11.8 Å². The van der Waals surface area contributed by atoms with Crippen LogP contribution in [-0.2, 0) is 40.1 Å². The quantitative estimate of drug-likeness (QED) is 0.120. The number of nitrogens with one attached hydrogen (secondary N) is 1. The van der Waals surface area contributed by atoms with Crippen LogP contribution in [0.1, 0.15) is 12.8 Å². The molecule has 31 heavy (non-hydrogen) atoms. The minimum absolute atomic E-state index is 0.196. The predicted octanol–water partition coefficient (Wildman–Crippen LogP) is -3.88. The van der Waals surface area contributed by atoms with E-state index < -0.39 is 88.8 Å². The number of aliphatic hydroxyl groups excluding tert-OH is 4. The first-order valence-corrected chi connectivity index (χ1v) is 11.2. The molecular weight excluding hydrogens is 470 g/mol. The van der Waals surface area contributed by atoms with Gasteiger partial charge in [-0.05, 0) is 18.9 Å². The van der Waals surface area contributed by atoms with Crippen LogP contribution in [0.5, 0.6) is 0 Å². The number of rotatable bonds is 9. The van der Waals surface area contributed by atoms with Crippen LogP contribution in [-0.4, -0.2) is 103 Å². The van der Waals surface area contributed by atoms with Gasteiger partial charge in [0.2, 0.25) is 5.76 Å². The molecule has 0 aromatic rings. The van der Waals surface area contributed by atoms with Crippen molar-refractivity contribution in [2.75, 3.05) is 6.61 Å². The minimum Gasteiger partial charge on any atom is -0.760 e. The molecule has 1 saturated heterocycles. The van der Waals surface area contributed by atoms with Gasteiger partial charge in [0.15, 0.2) is 6.29 Å². The molecule has 1 fully saturated rings. The Morgan fingerprint density at radius 1 is 1.19 bits per heavy atom. The number of carboxylic acids is 1. The minimum atomic E-state index is -4.91. The highest BCUT2D eigenvalue weighted by atomic mass is 32.3. The number of aliphatic carboxylic acids is 1. The average molecular weight is 492 g/mol. The third kappa shape index (κ3) is 7.12. The summed E-state index contributed by atoms with van der Waals surface area (Å²) in [6, 6.07) is -1.55. The Hall–Kier alpha value is -1.25. The van der Waals surface area contributed by atoms with Crippen LogP contribution in [0.2, 0.25) is 0 Å². The van der Waals surface area contributed by atoms with Crippen molar-refractivity contribution in [2.45, 2.75) is 55.7 Å². The highest BCUT2D eigenvalue weighted by molar-refractivity contribution is 7.80. The summed E-state index contributed by atoms with van der Waals surface area (Å²) in [5.41, 5.74) is 0. The summed E-state index contributed by atoms with van der Waals surface area (Å²) >= 11 is -2.91. The summed E-state index contributed by atoms with van der Waals surface area (Å²) in [7, 11) is -4.91. The second-order valence-electron chi connectivity index (χ2n) is 6.86. The summed E-state index contributed by atoms with van der Waals surface area (Å²) in [6.07, 6.45) is -8.89. The van der Waals surface area contributed by atoms with E-state index in [1.54, 1.807) is 0 Å². The zero-order chi connectivity index (χ0) is 23.5. The molecule has 4 unspecified atom stereocenters. The topological polar surface area (TPSA) is 252 Å². The molecule has 0 saturated carbocycles. The van der Waals surface area contributed by atoms with Gasteiger partial charge in [0.05, 0.1) is 24.9 Å². The van der Waals surface area contributed by atoms with Crippen LogP contribution < -0.4 is 4.72 Å². The summed E-state index contributed by atoms with van der Waals surface area (Å²) in [5.74, 6) is -3.26. The average Bonchev–Trinajstić information content (AvgIpc) is 2.64. The Bertz CT molecular complexity index is 803. The first-order valence-electron chi connectivity index (χ1n) is 8.77. The molecule has 0 radical (unpaired) electrons. The zero-order valence-electron chi connectivity index (χ0n) is 15.6. The van der Waals surface area contributed by atoms with Crippen LogP contribution in [0.25, 0.3) is 0 Å². The Morgan fingerprint density at radius 2 is 1.84 bits per heavy atom. The van der Waals surface area contributed by atoms with Crippen LogP contribution >= 0.6 is 0 Å². The molecule has 0 amide bonds. The smallest absolute Gasteiger partial charge is 0.397 e. The molecule has 0 spiro atoms. The molecule has 7 N–H and O–H groups in total. The lowest BCUT2D eigenvalue weighted by molar-refractivity contribution is -0.236. The standard InChI is InChI=1S/C14H23NO14S2/c16-6-3-8(13(19)20)28-7(12(6)18)2-1-5-9(4-27-31(24,25)26)29-14(21)10(11(5)17)15-30(22)23/h3,5-7,9-12,14-18,21H,1-2,4H2,(H,19,20)(H,22,23)(H,24,25,26)/p-1/t5-,6?,7+,9?,10?,11-,12-,14-/m1/s1. The second-order valence-corrected chi connectivity index (χ2v) is 8.66. The lowest BCUT2D eigenvalue weighted by Gasteiger charge is -2.44. The molecule has 0 bridgehead atoms. The van der Waals surface area contributed by atoms with Gasteiger partial charge >= 0.3 is 16.4 Å². The summed E-state index contributed by atoms with van der Waals surface area (Å²) in [4.78, 5) is 11.1. The molecule has 15 nitrogen and oxygen atoms in total. The largest absolute Gasteiger partial charge is 0.760 e. The Balaban J connectivity index is 2.17. The van der Waals surface area contributed by atoms with Crippen molar-refractivity contribution in [2.24, 2.45) is 5.92 Å². The molecule has 9 atom stereocenters. The van der Waals surface area contributed by atoms with Crippen LogP contribution in [0, 0.1) is 5.92 Å². The lowest BCUT2D eigenvalue weighted by atomic mass is 9.83. The van der Waals surface area contributed by atoms with E-state index in [1.807, 2.05) is 4.72 Å². The van der Waals surface area contributed by atoms with Gasteiger partial charge in [0.25, 0.3) is 0 Å². The molecule has 0 aromatic heterocycles. The fourth-order valence-corrected chi connectivity index (χ4v) is 4.17. The maximum atomic E-state index is 11.1. The van der Waals surface area contributed by atoms with Crippen molar-refractivity contribution in [1.82, 2.24) is 4.72 Å². The predicted molar refractivity (Wildman–Crippen MR) is 95.6 cm³/mol. The van der Waals surface area contributed by atoms with Crippen molar-refractivity contribution in [3.8, 4) is 0 Å². The monoisotopic (exact) mass is 492 g/mol. The van der Waals surface area contributed by atoms with Crippen LogP contribution in [0.3, 0.4) is 0 Å². The van der Waals surface area contributed by atoms with E-state index in [2.05, 4.69) is 4.18 Å². The van der Waals surface area contributed by atoms with Gasteiger partial charge in [-0.15, -0.1) is 0 Å². The molecule has 180 valence electrons. The van der Waals surface area contributed by atoms with Gasteiger partial charge in [-0.2, -0.15) is 8.42 Å². The molecule has 0 aliphatic carbocycles. The molecule has 0 aromatic carbocycles. The van der Waals surface area contributed by atoms with E-state index in [1.165, 1.54) is 0 Å². The van der Waals surface area contributed by atoms with Crippen LogP contribution in [0.4, 0.5) is 0 Å². The van der Waals surface area contributed by atoms with Crippen molar-refractivity contribution < 1.29 is 65.7 Å². The SMILES string of the molecule is O=C(O)C1=CC(O)[C@@H](O)[C@H](CC[C@@H]2C(COS(=O)(=O)O)O[C@@H](O)C(NS(=O)[O-])[C@@H]2O)O1. The molecule has 2 heterocycles. The summed E-state index contributed by atoms with van der Waals surface area (Å²) in [5, 5.41) is 49.3. The molecule has 2 rings (SSSR count). The van der Waals surface area contributed by atoms with Crippen molar-refractivity contribution in [1.29, 1.82) is 0 Å². The van der Waals surface area contributed by atoms with Gasteiger partial charge in [-0.1, -0.05) is 0 Å². The van der Waals surface area contributed by atoms with E-state index in [4.69, 9.17) is 19.1 Å². The highest BCUT2D eigenvalue weighted by Crippen LogP contribution is 2.32. The van der Waals surface area contributed by atoms with E-state index in [-0.39, 0.29) is 12.8 Å². The molecule has 2 aliphatic heterocycles. The Labute approximate surface area is 178 Å². The summed E-state index contributed by atoms with van der Waals surface area (Å²) < 4.78 is 68.6. The highest BCUT2D eigenvalue weighted by Gasteiger charge is 2.46. The third-order valence-corrected chi connectivity index (χ3v) is 5.74. The van der Waals surface area contributed by atoms with Gasteiger partial charge in [0, 0.05) is 17.2 Å². The first kappa shape index (κ1) is 26.0. The molecule has 17 heteroatoms. The van der Waals surface area contributed by atoms with E-state index >= 15 is 0 Å². The number of carboxylic acid groups (broad SMARTS) is 1. The van der Waals surface area contributed by atoms with Crippen molar-refractivity contribution in [3.05, 3.63) is 11.8 Å². The maximum Gasteiger partial charge on any atom is 0.397 e. The number of carbonyl (C=O) groups is 1. The van der Waals surface area contributed by atoms with E-state index in [9.17, 15) is 42.4 Å². The van der Waals surface area contributed by atoms with Gasteiger partial charge in [0.1, 0.15) is 18.3 Å². The maximum absolute atomic E-state index is 11.1. The fourth-order valence-electron chi connectivity index (χ4n) is 3.38. The number of hydrogen-bond donors (Lipinski definition) is 7. The number of hydrogen-bond acceptors (Lipinski definition) is 12. The Kier molecular flexibility index (Phi) is 8.87. The first-order chi connectivity index (χ1) is 14.3. The second kappa shape index (κ2) is 10.6. The lowest BCUT2D eigenvalue weighted by Crippen LogP contribution is -2.61.